The molecule has 0 atom stereocenters. The van der Waals surface area contributed by atoms with Gasteiger partial charge in [0.1, 0.15) is 17.0 Å². The van der Waals surface area contributed by atoms with Gasteiger partial charge in [0.05, 0.1) is 19.3 Å². The molecule has 0 aliphatic carbocycles. The molecule has 0 fully saturated rings. The standard InChI is InChI=1S/C13H7Br2N3O4S/c14-5-3-6(16-10(5)15)11(20)18-13-17-9-7(19)1-4(12(21)22)2-8(9)23-13/h1-3,16,19H,(H,21,22)(H,17,18,20). The van der Waals surface area contributed by atoms with Crippen molar-refractivity contribution in [3.05, 3.63) is 38.5 Å². The van der Waals surface area contributed by atoms with Crippen LogP contribution in [-0.2, 0) is 0 Å². The number of carboxylic acid groups (broad SMARTS) is 1. The van der Waals surface area contributed by atoms with Crippen molar-refractivity contribution < 1.29 is 19.8 Å². The van der Waals surface area contributed by atoms with Crippen LogP contribution in [0.25, 0.3) is 10.2 Å². The van der Waals surface area contributed by atoms with Crippen molar-refractivity contribution in [3.8, 4) is 5.75 Å². The van der Waals surface area contributed by atoms with Gasteiger partial charge in [-0.05, 0) is 50.1 Å². The van der Waals surface area contributed by atoms with E-state index >= 15 is 0 Å². The lowest BCUT2D eigenvalue weighted by Crippen LogP contribution is -2.11. The number of nitrogens with one attached hydrogen (secondary N) is 2. The van der Waals surface area contributed by atoms with Crippen molar-refractivity contribution in [2.75, 3.05) is 5.32 Å². The molecule has 0 saturated heterocycles. The average Bonchev–Trinajstić information content (AvgIpc) is 3.03. The summed E-state index contributed by atoms with van der Waals surface area (Å²) in [6, 6.07) is 4.12. The van der Waals surface area contributed by atoms with Crippen LogP contribution >= 0.6 is 43.2 Å². The van der Waals surface area contributed by atoms with Gasteiger partial charge in [-0.1, -0.05) is 11.3 Å². The summed E-state index contributed by atoms with van der Waals surface area (Å²) in [6.07, 6.45) is 0. The highest BCUT2D eigenvalue weighted by Crippen LogP contribution is 2.33. The van der Waals surface area contributed by atoms with Gasteiger partial charge in [-0.15, -0.1) is 0 Å². The van der Waals surface area contributed by atoms with E-state index in [0.717, 1.165) is 17.4 Å². The van der Waals surface area contributed by atoms with Gasteiger partial charge >= 0.3 is 5.97 Å². The first-order valence-corrected chi connectivity index (χ1v) is 8.47. The van der Waals surface area contributed by atoms with Gasteiger partial charge in [0.25, 0.3) is 5.91 Å². The summed E-state index contributed by atoms with van der Waals surface area (Å²) in [5.41, 5.74) is 0.511. The van der Waals surface area contributed by atoms with Crippen LogP contribution < -0.4 is 5.32 Å². The topological polar surface area (TPSA) is 115 Å². The maximum Gasteiger partial charge on any atom is 0.335 e. The highest BCUT2D eigenvalue weighted by atomic mass is 79.9. The largest absolute Gasteiger partial charge is 0.506 e. The van der Waals surface area contributed by atoms with Crippen LogP contribution in [0.1, 0.15) is 20.8 Å². The molecule has 0 aliphatic heterocycles. The molecule has 3 rings (SSSR count). The number of carboxylic acids is 1. The lowest BCUT2D eigenvalue weighted by molar-refractivity contribution is 0.0696. The van der Waals surface area contributed by atoms with Gasteiger partial charge in [-0.2, -0.15) is 0 Å². The average molecular weight is 461 g/mol. The number of halogens is 2. The van der Waals surface area contributed by atoms with Crippen LogP contribution in [-0.4, -0.2) is 32.1 Å². The fourth-order valence-corrected chi connectivity index (χ4v) is 3.46. The first kappa shape index (κ1) is 16.0. The third-order valence-electron chi connectivity index (χ3n) is 2.91. The van der Waals surface area contributed by atoms with Gasteiger partial charge in [-0.3, -0.25) is 10.1 Å². The number of phenols is 1. The Hall–Kier alpha value is -1.91. The zero-order valence-corrected chi connectivity index (χ0v) is 15.0. The monoisotopic (exact) mass is 459 g/mol. The number of aromatic nitrogens is 2. The number of nitrogens with zero attached hydrogens (tertiary/aromatic N) is 1. The van der Waals surface area contributed by atoms with Gasteiger partial charge in [0.2, 0.25) is 0 Å². The highest BCUT2D eigenvalue weighted by molar-refractivity contribution is 9.13. The molecular weight excluding hydrogens is 454 g/mol. The normalized spacial score (nSPS) is 10.9. The molecule has 0 aliphatic rings. The smallest absolute Gasteiger partial charge is 0.335 e. The number of H-pyrrole nitrogens is 1. The molecule has 0 radical (unpaired) electrons. The molecule has 0 saturated carbocycles. The predicted molar refractivity (Wildman–Crippen MR) is 92.4 cm³/mol. The second kappa shape index (κ2) is 5.95. The number of anilines is 1. The van der Waals surface area contributed by atoms with Crippen LogP contribution in [0.2, 0.25) is 0 Å². The quantitative estimate of drug-likeness (QED) is 0.474. The SMILES string of the molecule is O=C(O)c1cc(O)c2nc(NC(=O)c3cc(Br)c(Br)[nH]3)sc2c1. The number of aromatic hydroxyl groups is 1. The summed E-state index contributed by atoms with van der Waals surface area (Å²) >= 11 is 7.59. The van der Waals surface area contributed by atoms with Crippen molar-refractivity contribution in [2.45, 2.75) is 0 Å². The molecule has 118 valence electrons. The van der Waals surface area contributed by atoms with Crippen LogP contribution in [0.5, 0.6) is 5.75 Å². The van der Waals surface area contributed by atoms with Crippen LogP contribution in [0, 0.1) is 0 Å². The van der Waals surface area contributed by atoms with Crippen molar-refractivity contribution in [3.63, 3.8) is 0 Å². The highest BCUT2D eigenvalue weighted by Gasteiger charge is 2.16. The van der Waals surface area contributed by atoms with Crippen molar-refractivity contribution >= 4 is 70.4 Å². The third-order valence-corrected chi connectivity index (χ3v) is 5.61. The number of aromatic amines is 1. The number of hydrogen-bond acceptors (Lipinski definition) is 5. The molecule has 3 aromatic rings. The summed E-state index contributed by atoms with van der Waals surface area (Å²) in [6.45, 7) is 0. The number of benzene rings is 1. The van der Waals surface area contributed by atoms with E-state index in [1.165, 1.54) is 6.07 Å². The molecule has 1 amide bonds. The fourth-order valence-electron chi connectivity index (χ4n) is 1.88. The van der Waals surface area contributed by atoms with E-state index in [2.05, 4.69) is 47.1 Å². The van der Waals surface area contributed by atoms with E-state index in [0.29, 0.717) is 19.5 Å². The van der Waals surface area contributed by atoms with E-state index < -0.39 is 11.9 Å². The first-order chi connectivity index (χ1) is 10.8. The number of phenolic OH excluding ortho intramolecular Hbond substituents is 1. The number of rotatable bonds is 3. The number of hydrogen-bond donors (Lipinski definition) is 4. The van der Waals surface area contributed by atoms with Crippen LogP contribution in [0.15, 0.2) is 27.3 Å². The van der Waals surface area contributed by atoms with Crippen LogP contribution in [0.4, 0.5) is 5.13 Å². The Morgan fingerprint density at radius 3 is 2.61 bits per heavy atom. The summed E-state index contributed by atoms with van der Waals surface area (Å²) in [4.78, 5) is 30.1. The van der Waals surface area contributed by atoms with E-state index in [4.69, 9.17) is 5.11 Å². The Bertz CT molecular complexity index is 931. The zero-order chi connectivity index (χ0) is 16.7. The molecule has 0 bridgehead atoms. The second-order valence-corrected chi connectivity index (χ2v) is 7.14. The second-order valence-electron chi connectivity index (χ2n) is 4.47. The van der Waals surface area contributed by atoms with Gasteiger partial charge in [0.15, 0.2) is 5.13 Å². The molecule has 0 unspecified atom stereocenters. The molecular formula is C13H7Br2N3O4S. The lowest BCUT2D eigenvalue weighted by Gasteiger charge is -1.97. The van der Waals surface area contributed by atoms with Crippen molar-refractivity contribution in [2.24, 2.45) is 0 Å². The third kappa shape index (κ3) is 3.09. The van der Waals surface area contributed by atoms with Crippen molar-refractivity contribution in [1.82, 2.24) is 9.97 Å². The summed E-state index contributed by atoms with van der Waals surface area (Å²) in [5, 5.41) is 21.7. The maximum absolute atomic E-state index is 12.1. The summed E-state index contributed by atoms with van der Waals surface area (Å²) in [7, 11) is 0. The molecule has 0 spiro atoms. The molecule has 2 aromatic heterocycles. The zero-order valence-electron chi connectivity index (χ0n) is 11.1. The predicted octanol–water partition coefficient (Wildman–Crippen LogP) is 3.81. The number of fused-ring (bicyclic) bond motifs is 1. The number of carbonyl (C=O) groups excluding carboxylic acids is 1. The molecule has 7 nitrogen and oxygen atoms in total. The Morgan fingerprint density at radius 1 is 1.26 bits per heavy atom. The molecule has 23 heavy (non-hydrogen) atoms. The minimum absolute atomic E-state index is 0.0474. The number of amides is 1. The Labute approximate surface area is 149 Å². The molecule has 2 heterocycles. The minimum atomic E-state index is -1.15. The summed E-state index contributed by atoms with van der Waals surface area (Å²) in [5.74, 6) is -1.81. The maximum atomic E-state index is 12.1. The summed E-state index contributed by atoms with van der Waals surface area (Å²) < 4.78 is 1.80. The number of aromatic carboxylic acids is 1. The first-order valence-electron chi connectivity index (χ1n) is 6.07. The molecule has 4 N–H and O–H groups in total. The molecule has 1 aromatic carbocycles. The Kier molecular flexibility index (Phi) is 4.13. The molecule has 10 heteroatoms. The van der Waals surface area contributed by atoms with Crippen molar-refractivity contribution in [1.29, 1.82) is 0 Å². The lowest BCUT2D eigenvalue weighted by atomic mass is 10.2. The Balaban J connectivity index is 1.93. The number of carbonyl (C=O) groups is 2. The minimum Gasteiger partial charge on any atom is -0.506 e. The van der Waals surface area contributed by atoms with E-state index in [1.807, 2.05) is 0 Å². The van der Waals surface area contributed by atoms with Crippen LogP contribution in [0.3, 0.4) is 0 Å². The van der Waals surface area contributed by atoms with Gasteiger partial charge < -0.3 is 15.2 Å². The van der Waals surface area contributed by atoms with Gasteiger partial charge in [0, 0.05) is 0 Å². The van der Waals surface area contributed by atoms with E-state index in [1.54, 1.807) is 6.07 Å². The number of thiazole rings is 1. The van der Waals surface area contributed by atoms with Gasteiger partial charge in [-0.25, -0.2) is 9.78 Å². The fraction of sp³-hybridized carbons (Fsp3) is 0. The van der Waals surface area contributed by atoms with E-state index in [9.17, 15) is 14.7 Å². The van der Waals surface area contributed by atoms with E-state index in [-0.39, 0.29) is 22.0 Å². The Morgan fingerprint density at radius 2 is 2.00 bits per heavy atom.